The monoisotopic (exact) mass is 274 g/mol. The van der Waals surface area contributed by atoms with Gasteiger partial charge in [-0.15, -0.1) is 0 Å². The minimum Gasteiger partial charge on any atom is -0.332 e. The van der Waals surface area contributed by atoms with E-state index >= 15 is 0 Å². The number of nitrogens with two attached hydrogens (primary N) is 1. The first-order valence-electron chi connectivity index (χ1n) is 7.56. The number of hydrogen-bond acceptors (Lipinski definition) is 2. The van der Waals surface area contributed by atoms with Gasteiger partial charge in [0, 0.05) is 18.5 Å². The van der Waals surface area contributed by atoms with E-state index in [1.165, 1.54) is 16.7 Å². The Labute approximate surface area is 122 Å². The lowest BCUT2D eigenvalue weighted by atomic mass is 9.89. The van der Waals surface area contributed by atoms with Crippen molar-refractivity contribution in [2.24, 2.45) is 5.73 Å². The fraction of sp³-hybridized carbons (Fsp3) is 0.588. The molecule has 0 saturated carbocycles. The molecule has 2 unspecified atom stereocenters. The van der Waals surface area contributed by atoms with Crippen molar-refractivity contribution in [2.45, 2.75) is 65.1 Å². The Morgan fingerprint density at radius 3 is 2.40 bits per heavy atom. The predicted molar refractivity (Wildman–Crippen MR) is 82.5 cm³/mol. The SMILES string of the molecule is Cc1cccc(C)c1C1C(N)CCCC(=O)N1C(C)C. The smallest absolute Gasteiger partial charge is 0.223 e. The summed E-state index contributed by atoms with van der Waals surface area (Å²) in [4.78, 5) is 14.5. The molecule has 2 N–H and O–H groups in total. The lowest BCUT2D eigenvalue weighted by Gasteiger charge is -2.38. The molecule has 3 nitrogen and oxygen atoms in total. The Morgan fingerprint density at radius 1 is 1.25 bits per heavy atom. The number of likely N-dealkylation sites (tertiary alicyclic amines) is 1. The largest absolute Gasteiger partial charge is 0.332 e. The number of carbonyl (C=O) groups is 1. The number of rotatable bonds is 2. The predicted octanol–water partition coefficient (Wildman–Crippen LogP) is 3.09. The van der Waals surface area contributed by atoms with E-state index in [4.69, 9.17) is 5.73 Å². The van der Waals surface area contributed by atoms with E-state index in [0.717, 1.165) is 12.8 Å². The molecule has 1 amide bonds. The van der Waals surface area contributed by atoms with Gasteiger partial charge >= 0.3 is 0 Å². The van der Waals surface area contributed by atoms with Gasteiger partial charge in [-0.3, -0.25) is 4.79 Å². The van der Waals surface area contributed by atoms with Gasteiger partial charge in [0.1, 0.15) is 0 Å². The maximum Gasteiger partial charge on any atom is 0.223 e. The summed E-state index contributed by atoms with van der Waals surface area (Å²) in [5.74, 6) is 0.237. The van der Waals surface area contributed by atoms with Crippen LogP contribution in [0.2, 0.25) is 0 Å². The van der Waals surface area contributed by atoms with Gasteiger partial charge in [0.15, 0.2) is 0 Å². The highest BCUT2D eigenvalue weighted by molar-refractivity contribution is 5.77. The Bertz CT molecular complexity index is 476. The summed E-state index contributed by atoms with van der Waals surface area (Å²) in [5.41, 5.74) is 10.1. The first kappa shape index (κ1) is 15.0. The van der Waals surface area contributed by atoms with Crippen molar-refractivity contribution < 1.29 is 4.79 Å². The molecule has 0 aliphatic carbocycles. The summed E-state index contributed by atoms with van der Waals surface area (Å²) in [7, 11) is 0. The number of hydrogen-bond donors (Lipinski definition) is 1. The van der Waals surface area contributed by atoms with E-state index in [1.54, 1.807) is 0 Å². The number of carbonyl (C=O) groups excluding carboxylic acids is 1. The molecular formula is C17H26N2O. The summed E-state index contributed by atoms with van der Waals surface area (Å²) >= 11 is 0. The average molecular weight is 274 g/mol. The lowest BCUT2D eigenvalue weighted by molar-refractivity contribution is -0.135. The molecule has 1 saturated heterocycles. The van der Waals surface area contributed by atoms with E-state index in [9.17, 15) is 4.79 Å². The van der Waals surface area contributed by atoms with Crippen LogP contribution in [0.1, 0.15) is 55.8 Å². The van der Waals surface area contributed by atoms with Crippen LogP contribution in [0.4, 0.5) is 0 Å². The second-order valence-corrected chi connectivity index (χ2v) is 6.20. The third-order valence-corrected chi connectivity index (χ3v) is 4.32. The Balaban J connectivity index is 2.55. The normalized spacial score (nSPS) is 24.1. The number of amides is 1. The van der Waals surface area contributed by atoms with E-state index in [1.807, 2.05) is 4.90 Å². The van der Waals surface area contributed by atoms with Gasteiger partial charge in [-0.2, -0.15) is 0 Å². The minimum absolute atomic E-state index is 0.00574. The zero-order valence-corrected chi connectivity index (χ0v) is 13.0. The summed E-state index contributed by atoms with van der Waals surface area (Å²) in [6.07, 6.45) is 2.42. The van der Waals surface area contributed by atoms with Crippen molar-refractivity contribution in [2.75, 3.05) is 0 Å². The molecule has 1 aliphatic heterocycles. The minimum atomic E-state index is 0.00574. The van der Waals surface area contributed by atoms with Gasteiger partial charge in [-0.1, -0.05) is 18.2 Å². The molecule has 0 aromatic heterocycles. The highest BCUT2D eigenvalue weighted by Crippen LogP contribution is 2.35. The van der Waals surface area contributed by atoms with Crippen LogP contribution in [0.5, 0.6) is 0 Å². The van der Waals surface area contributed by atoms with Gasteiger partial charge < -0.3 is 10.6 Å². The third-order valence-electron chi connectivity index (χ3n) is 4.32. The molecule has 1 heterocycles. The van der Waals surface area contributed by atoms with Crippen LogP contribution in [0.25, 0.3) is 0 Å². The van der Waals surface area contributed by atoms with Gasteiger partial charge in [0.25, 0.3) is 0 Å². The van der Waals surface area contributed by atoms with Crippen LogP contribution in [0, 0.1) is 13.8 Å². The Morgan fingerprint density at radius 2 is 1.85 bits per heavy atom. The van der Waals surface area contributed by atoms with Gasteiger partial charge in [-0.05, 0) is 57.2 Å². The maximum atomic E-state index is 12.5. The summed E-state index contributed by atoms with van der Waals surface area (Å²) in [6.45, 7) is 8.39. The van der Waals surface area contributed by atoms with Crippen molar-refractivity contribution in [3.63, 3.8) is 0 Å². The fourth-order valence-corrected chi connectivity index (χ4v) is 3.39. The molecule has 1 aromatic carbocycles. The molecule has 0 spiro atoms. The molecule has 20 heavy (non-hydrogen) atoms. The topological polar surface area (TPSA) is 46.3 Å². The molecule has 1 fully saturated rings. The molecule has 1 aliphatic rings. The molecule has 1 aromatic rings. The molecule has 2 rings (SSSR count). The number of nitrogens with zero attached hydrogens (tertiary/aromatic N) is 1. The van der Waals surface area contributed by atoms with E-state index in [0.29, 0.717) is 6.42 Å². The van der Waals surface area contributed by atoms with Crippen molar-refractivity contribution in [3.05, 3.63) is 34.9 Å². The third kappa shape index (κ3) is 2.73. The van der Waals surface area contributed by atoms with E-state index in [2.05, 4.69) is 45.9 Å². The Kier molecular flexibility index (Phi) is 4.48. The molecular weight excluding hydrogens is 248 g/mol. The highest BCUT2D eigenvalue weighted by Gasteiger charge is 2.35. The summed E-state index contributed by atoms with van der Waals surface area (Å²) in [6, 6.07) is 6.49. The van der Waals surface area contributed by atoms with Crippen LogP contribution >= 0.6 is 0 Å². The lowest BCUT2D eigenvalue weighted by Crippen LogP contribution is -2.46. The molecule has 0 bridgehead atoms. The van der Waals surface area contributed by atoms with E-state index < -0.39 is 0 Å². The standard InChI is InChI=1S/C17H26N2O/c1-11(2)19-15(20)10-6-9-14(18)17(19)16-12(3)7-5-8-13(16)4/h5,7-8,11,14,17H,6,9-10,18H2,1-4H3. The first-order valence-corrected chi connectivity index (χ1v) is 7.56. The molecule has 2 atom stereocenters. The quantitative estimate of drug-likeness (QED) is 0.900. The van der Waals surface area contributed by atoms with Crippen LogP contribution < -0.4 is 5.73 Å². The van der Waals surface area contributed by atoms with Gasteiger partial charge in [-0.25, -0.2) is 0 Å². The molecule has 3 heteroatoms. The van der Waals surface area contributed by atoms with Crippen LogP contribution in [-0.2, 0) is 4.79 Å². The second kappa shape index (κ2) is 5.96. The van der Waals surface area contributed by atoms with Crippen LogP contribution in [-0.4, -0.2) is 22.9 Å². The Hall–Kier alpha value is -1.35. The molecule has 0 radical (unpaired) electrons. The zero-order valence-electron chi connectivity index (χ0n) is 13.0. The van der Waals surface area contributed by atoms with Gasteiger partial charge in [0.2, 0.25) is 5.91 Å². The average Bonchev–Trinajstić information content (AvgIpc) is 2.49. The zero-order chi connectivity index (χ0) is 14.9. The van der Waals surface area contributed by atoms with Crippen LogP contribution in [0.15, 0.2) is 18.2 Å². The van der Waals surface area contributed by atoms with Gasteiger partial charge in [0.05, 0.1) is 6.04 Å². The first-order chi connectivity index (χ1) is 9.43. The number of aryl methyl sites for hydroxylation is 2. The van der Waals surface area contributed by atoms with Crippen LogP contribution in [0.3, 0.4) is 0 Å². The van der Waals surface area contributed by atoms with Crippen molar-refractivity contribution in [3.8, 4) is 0 Å². The summed E-state index contributed by atoms with van der Waals surface area (Å²) in [5, 5.41) is 0. The van der Waals surface area contributed by atoms with Crippen molar-refractivity contribution >= 4 is 5.91 Å². The van der Waals surface area contributed by atoms with E-state index in [-0.39, 0.29) is 24.0 Å². The fourth-order valence-electron chi connectivity index (χ4n) is 3.39. The maximum absolute atomic E-state index is 12.5. The number of benzene rings is 1. The highest BCUT2D eigenvalue weighted by atomic mass is 16.2. The summed E-state index contributed by atoms with van der Waals surface area (Å²) < 4.78 is 0. The molecule has 110 valence electrons. The van der Waals surface area contributed by atoms with Crippen molar-refractivity contribution in [1.82, 2.24) is 4.90 Å². The van der Waals surface area contributed by atoms with Crippen molar-refractivity contribution in [1.29, 1.82) is 0 Å². The second-order valence-electron chi connectivity index (χ2n) is 6.20.